The van der Waals surface area contributed by atoms with Crippen LogP contribution in [0.2, 0.25) is 0 Å². The van der Waals surface area contributed by atoms with E-state index in [0.717, 1.165) is 10.8 Å². The van der Waals surface area contributed by atoms with E-state index in [0.29, 0.717) is 43.2 Å². The average molecular weight is 448 g/mol. The van der Waals surface area contributed by atoms with Gasteiger partial charge in [-0.3, -0.25) is 4.79 Å². The maximum Gasteiger partial charge on any atom is 0.415 e. The number of carboxylic acids is 1. The zero-order chi connectivity index (χ0) is 23.2. The molecular formula is C25H24N2O6. The maximum absolute atomic E-state index is 12.7. The number of fused-ring (bicyclic) bond motifs is 1. The number of rotatable bonds is 6. The number of ether oxygens (including phenoxy) is 2. The summed E-state index contributed by atoms with van der Waals surface area (Å²) in [5.74, 6) is -1.22. The molecule has 8 heteroatoms. The minimum Gasteiger partial charge on any atom is -0.480 e. The average Bonchev–Trinajstić information content (AvgIpc) is 2.84. The Kier molecular flexibility index (Phi) is 6.85. The lowest BCUT2D eigenvalue weighted by Crippen LogP contribution is -2.42. The summed E-state index contributed by atoms with van der Waals surface area (Å²) in [7, 11) is 0. The van der Waals surface area contributed by atoms with E-state index in [1.807, 2.05) is 30.3 Å². The number of carboxylic acid groups (broad SMARTS) is 1. The zero-order valence-corrected chi connectivity index (χ0v) is 17.9. The fraction of sp³-hybridized carbons (Fsp3) is 0.240. The van der Waals surface area contributed by atoms with Crippen molar-refractivity contribution in [1.29, 1.82) is 0 Å². The van der Waals surface area contributed by atoms with Crippen LogP contribution in [0, 0.1) is 0 Å². The molecule has 3 aromatic carbocycles. The molecule has 2 amide bonds. The predicted molar refractivity (Wildman–Crippen MR) is 121 cm³/mol. The van der Waals surface area contributed by atoms with Crippen LogP contribution < -0.4 is 10.1 Å². The lowest BCUT2D eigenvalue weighted by Gasteiger charge is -2.25. The van der Waals surface area contributed by atoms with Crippen LogP contribution in [-0.2, 0) is 16.0 Å². The van der Waals surface area contributed by atoms with E-state index in [1.165, 1.54) is 0 Å². The van der Waals surface area contributed by atoms with Crippen molar-refractivity contribution in [2.24, 2.45) is 0 Å². The number of nitrogens with one attached hydrogen (secondary N) is 1. The van der Waals surface area contributed by atoms with Gasteiger partial charge >= 0.3 is 12.1 Å². The molecule has 33 heavy (non-hydrogen) atoms. The molecule has 0 aliphatic carbocycles. The highest BCUT2D eigenvalue weighted by Gasteiger charge is 2.22. The molecule has 1 heterocycles. The van der Waals surface area contributed by atoms with Crippen molar-refractivity contribution >= 4 is 28.7 Å². The largest absolute Gasteiger partial charge is 0.480 e. The summed E-state index contributed by atoms with van der Waals surface area (Å²) >= 11 is 0. The van der Waals surface area contributed by atoms with Crippen LogP contribution in [0.5, 0.6) is 5.75 Å². The second-order valence-electron chi connectivity index (χ2n) is 7.74. The number of nitrogens with zero attached hydrogens (tertiary/aromatic N) is 1. The third kappa shape index (κ3) is 5.67. The van der Waals surface area contributed by atoms with Gasteiger partial charge in [0.15, 0.2) is 0 Å². The predicted octanol–water partition coefficient (Wildman–Crippen LogP) is 3.10. The van der Waals surface area contributed by atoms with E-state index in [4.69, 9.17) is 9.47 Å². The molecule has 0 saturated carbocycles. The van der Waals surface area contributed by atoms with Gasteiger partial charge in [-0.2, -0.15) is 0 Å². The molecular weight excluding hydrogens is 424 g/mol. The van der Waals surface area contributed by atoms with E-state index in [2.05, 4.69) is 5.32 Å². The highest BCUT2D eigenvalue weighted by Crippen LogP contribution is 2.17. The third-order valence-corrected chi connectivity index (χ3v) is 5.45. The summed E-state index contributed by atoms with van der Waals surface area (Å²) in [6.45, 7) is 1.92. The summed E-state index contributed by atoms with van der Waals surface area (Å²) in [6.07, 6.45) is -0.357. The van der Waals surface area contributed by atoms with Gasteiger partial charge in [-0.05, 0) is 40.6 Å². The molecule has 0 unspecified atom stereocenters. The molecule has 2 N–H and O–H groups in total. The minimum absolute atomic E-state index is 0.0896. The third-order valence-electron chi connectivity index (χ3n) is 5.45. The SMILES string of the molecule is O=C(N[C@@H](Cc1ccc(OC(=O)N2CCOCC2)cc1)C(=O)O)c1ccc2ccccc2c1. The van der Waals surface area contributed by atoms with Crippen molar-refractivity contribution in [3.63, 3.8) is 0 Å². The van der Waals surface area contributed by atoms with Gasteiger partial charge in [0.05, 0.1) is 13.2 Å². The Morgan fingerprint density at radius 3 is 2.36 bits per heavy atom. The molecule has 0 radical (unpaired) electrons. The smallest absolute Gasteiger partial charge is 0.415 e. The van der Waals surface area contributed by atoms with Crippen LogP contribution in [0.3, 0.4) is 0 Å². The number of benzene rings is 3. The maximum atomic E-state index is 12.7. The molecule has 0 bridgehead atoms. The zero-order valence-electron chi connectivity index (χ0n) is 17.9. The normalized spacial score (nSPS) is 14.5. The molecule has 1 saturated heterocycles. The number of carbonyl (C=O) groups excluding carboxylic acids is 2. The molecule has 3 aromatic rings. The first-order valence-corrected chi connectivity index (χ1v) is 10.7. The Bertz CT molecular complexity index is 1160. The molecule has 1 atom stereocenters. The van der Waals surface area contributed by atoms with E-state index < -0.39 is 24.0 Å². The van der Waals surface area contributed by atoms with Crippen LogP contribution in [-0.4, -0.2) is 60.3 Å². The van der Waals surface area contributed by atoms with Gasteiger partial charge in [0.2, 0.25) is 0 Å². The summed E-state index contributed by atoms with van der Waals surface area (Å²) in [5, 5.41) is 14.1. The van der Waals surface area contributed by atoms with Crippen molar-refractivity contribution in [3.05, 3.63) is 77.9 Å². The Morgan fingerprint density at radius 2 is 1.67 bits per heavy atom. The number of carbonyl (C=O) groups is 3. The number of hydrogen-bond donors (Lipinski definition) is 2. The first-order valence-electron chi connectivity index (χ1n) is 10.7. The van der Waals surface area contributed by atoms with E-state index in [-0.39, 0.29) is 6.42 Å². The van der Waals surface area contributed by atoms with Gasteiger partial charge in [0.25, 0.3) is 5.91 Å². The first kappa shape index (κ1) is 22.3. The van der Waals surface area contributed by atoms with Gasteiger partial charge in [-0.1, -0.05) is 42.5 Å². The summed E-state index contributed by atoms with van der Waals surface area (Å²) < 4.78 is 10.6. The number of amides is 2. The Balaban J connectivity index is 1.38. The molecule has 0 aromatic heterocycles. The highest BCUT2D eigenvalue weighted by atomic mass is 16.6. The van der Waals surface area contributed by atoms with Crippen LogP contribution in [0.15, 0.2) is 66.7 Å². The van der Waals surface area contributed by atoms with Crippen molar-refractivity contribution in [2.75, 3.05) is 26.3 Å². The molecule has 4 rings (SSSR count). The molecule has 0 spiro atoms. The summed E-state index contributed by atoms with van der Waals surface area (Å²) in [5.41, 5.74) is 1.08. The van der Waals surface area contributed by atoms with Crippen LogP contribution >= 0.6 is 0 Å². The van der Waals surface area contributed by atoms with Crippen molar-refractivity contribution in [3.8, 4) is 5.75 Å². The topological polar surface area (TPSA) is 105 Å². The Hall–Kier alpha value is -3.91. The Labute approximate surface area is 190 Å². The second kappa shape index (κ2) is 10.1. The number of aliphatic carboxylic acids is 1. The van der Waals surface area contributed by atoms with Gasteiger partial charge in [0, 0.05) is 25.1 Å². The van der Waals surface area contributed by atoms with Crippen LogP contribution in [0.4, 0.5) is 4.79 Å². The van der Waals surface area contributed by atoms with Gasteiger partial charge in [-0.25, -0.2) is 9.59 Å². The van der Waals surface area contributed by atoms with E-state index in [9.17, 15) is 19.5 Å². The number of morpholine rings is 1. The molecule has 1 aliphatic rings. The first-order chi connectivity index (χ1) is 16.0. The van der Waals surface area contributed by atoms with Crippen molar-refractivity contribution in [2.45, 2.75) is 12.5 Å². The fourth-order valence-electron chi connectivity index (χ4n) is 3.61. The molecule has 1 fully saturated rings. The van der Waals surface area contributed by atoms with E-state index >= 15 is 0 Å². The quantitative estimate of drug-likeness (QED) is 0.600. The Morgan fingerprint density at radius 1 is 0.970 bits per heavy atom. The fourth-order valence-corrected chi connectivity index (χ4v) is 3.61. The molecule has 1 aliphatic heterocycles. The minimum atomic E-state index is -1.13. The highest BCUT2D eigenvalue weighted by molar-refractivity contribution is 6.00. The van der Waals surface area contributed by atoms with Gasteiger partial charge in [-0.15, -0.1) is 0 Å². The standard InChI is InChI=1S/C25H24N2O6/c28-23(20-8-7-18-3-1-2-4-19(18)16-20)26-22(24(29)30)15-17-5-9-21(10-6-17)33-25(31)27-11-13-32-14-12-27/h1-10,16,22H,11-15H2,(H,26,28)(H,29,30)/t22-/m0/s1. The number of hydrogen-bond acceptors (Lipinski definition) is 5. The monoisotopic (exact) mass is 448 g/mol. The lowest BCUT2D eigenvalue weighted by atomic mass is 10.0. The second-order valence-corrected chi connectivity index (χ2v) is 7.74. The van der Waals surface area contributed by atoms with E-state index in [1.54, 1.807) is 41.3 Å². The van der Waals surface area contributed by atoms with Crippen molar-refractivity contribution < 1.29 is 29.0 Å². The van der Waals surface area contributed by atoms with Gasteiger partial charge in [0.1, 0.15) is 11.8 Å². The molecule has 8 nitrogen and oxygen atoms in total. The summed E-state index contributed by atoms with van der Waals surface area (Å²) in [6, 6.07) is 18.4. The lowest BCUT2D eigenvalue weighted by molar-refractivity contribution is -0.139. The van der Waals surface area contributed by atoms with Crippen LogP contribution in [0.25, 0.3) is 10.8 Å². The van der Waals surface area contributed by atoms with Crippen molar-refractivity contribution in [1.82, 2.24) is 10.2 Å². The summed E-state index contributed by atoms with van der Waals surface area (Å²) in [4.78, 5) is 38.2. The molecule has 170 valence electrons. The van der Waals surface area contributed by atoms with Crippen LogP contribution in [0.1, 0.15) is 15.9 Å². The van der Waals surface area contributed by atoms with Gasteiger partial charge < -0.3 is 24.8 Å².